The summed E-state index contributed by atoms with van der Waals surface area (Å²) in [6.45, 7) is 3.94. The van der Waals surface area contributed by atoms with Crippen LogP contribution in [0.4, 0.5) is 0 Å². The first kappa shape index (κ1) is 19.1. The van der Waals surface area contributed by atoms with Crippen molar-refractivity contribution in [3.63, 3.8) is 0 Å². The molecule has 5 nitrogen and oxygen atoms in total. The smallest absolute Gasteiger partial charge is 0.201 e. The zero-order chi connectivity index (χ0) is 19.3. The van der Waals surface area contributed by atoms with Crippen LogP contribution < -0.4 is 4.74 Å². The van der Waals surface area contributed by atoms with Gasteiger partial charge < -0.3 is 20.1 Å². The number of ketones is 1. The minimum Gasteiger partial charge on any atom is -0.508 e. The van der Waals surface area contributed by atoms with E-state index in [-0.39, 0.29) is 28.8 Å². The number of carbonyl (C=O) groups is 1. The van der Waals surface area contributed by atoms with Crippen molar-refractivity contribution in [2.24, 2.45) is 0 Å². The Morgan fingerprint density at radius 2 is 1.77 bits per heavy atom. The zero-order valence-electron chi connectivity index (χ0n) is 15.0. The van der Waals surface area contributed by atoms with Crippen molar-refractivity contribution in [1.29, 1.82) is 0 Å². The molecule has 5 heteroatoms. The van der Waals surface area contributed by atoms with Gasteiger partial charge in [-0.2, -0.15) is 0 Å². The third kappa shape index (κ3) is 4.45. The Bertz CT molecular complexity index is 874. The molecule has 0 unspecified atom stereocenters. The molecular weight excluding hydrogens is 332 g/mol. The fourth-order valence-electron chi connectivity index (χ4n) is 2.40. The number of benzene rings is 2. The van der Waals surface area contributed by atoms with Crippen molar-refractivity contribution in [3.8, 4) is 23.0 Å². The molecule has 0 saturated heterocycles. The summed E-state index contributed by atoms with van der Waals surface area (Å²) in [7, 11) is 1.36. The van der Waals surface area contributed by atoms with Gasteiger partial charge in [0.25, 0.3) is 0 Å². The molecule has 136 valence electrons. The lowest BCUT2D eigenvalue weighted by molar-refractivity contribution is 0.104. The second kappa shape index (κ2) is 8.25. The molecule has 0 aliphatic heterocycles. The van der Waals surface area contributed by atoms with E-state index < -0.39 is 0 Å². The van der Waals surface area contributed by atoms with E-state index in [9.17, 15) is 20.1 Å². The standard InChI is InChI=1S/C21H22O5/c1-13(2)4-5-15-12-16(8-10-18(15)23)17(22)9-6-14-7-11-19(24)20(25)21(14)26-3/h4,6-12,23-25H,5H2,1-3H3/b9-6+. The number of hydrogen-bond donors (Lipinski definition) is 3. The first-order valence-electron chi connectivity index (χ1n) is 8.10. The van der Waals surface area contributed by atoms with Crippen molar-refractivity contribution in [1.82, 2.24) is 0 Å². The highest BCUT2D eigenvalue weighted by atomic mass is 16.5. The fourth-order valence-corrected chi connectivity index (χ4v) is 2.40. The van der Waals surface area contributed by atoms with Crippen LogP contribution in [-0.2, 0) is 6.42 Å². The Balaban J connectivity index is 2.28. The van der Waals surface area contributed by atoms with E-state index in [0.29, 0.717) is 23.1 Å². The van der Waals surface area contributed by atoms with Crippen LogP contribution in [0.3, 0.4) is 0 Å². The first-order valence-corrected chi connectivity index (χ1v) is 8.10. The average molecular weight is 354 g/mol. The maximum Gasteiger partial charge on any atom is 0.201 e. The molecule has 3 N–H and O–H groups in total. The quantitative estimate of drug-likeness (QED) is 0.313. The third-order valence-corrected chi connectivity index (χ3v) is 3.85. The maximum absolute atomic E-state index is 12.4. The molecule has 0 aliphatic carbocycles. The monoisotopic (exact) mass is 354 g/mol. The van der Waals surface area contributed by atoms with E-state index in [2.05, 4.69) is 0 Å². The molecule has 0 heterocycles. The van der Waals surface area contributed by atoms with Crippen molar-refractivity contribution in [3.05, 3.63) is 64.7 Å². The molecule has 0 spiro atoms. The molecule has 26 heavy (non-hydrogen) atoms. The minimum atomic E-state index is -0.379. The Kier molecular flexibility index (Phi) is 6.07. The highest BCUT2D eigenvalue weighted by Gasteiger charge is 2.12. The number of methoxy groups -OCH3 is 1. The summed E-state index contributed by atoms with van der Waals surface area (Å²) < 4.78 is 5.07. The first-order chi connectivity index (χ1) is 12.3. The normalized spacial score (nSPS) is 10.7. The number of phenolic OH excluding ortho intramolecular Hbond substituents is 3. The molecule has 0 aromatic heterocycles. The van der Waals surface area contributed by atoms with Gasteiger partial charge in [0.1, 0.15) is 5.75 Å². The van der Waals surface area contributed by atoms with Gasteiger partial charge in [0.2, 0.25) is 5.75 Å². The molecule has 0 amide bonds. The predicted octanol–water partition coefficient (Wildman–Crippen LogP) is 4.22. The number of aromatic hydroxyl groups is 3. The van der Waals surface area contributed by atoms with Gasteiger partial charge in [-0.1, -0.05) is 11.6 Å². The molecular formula is C21H22O5. The lowest BCUT2D eigenvalue weighted by Gasteiger charge is -2.08. The van der Waals surface area contributed by atoms with Crippen LogP contribution in [0, 0.1) is 0 Å². The van der Waals surface area contributed by atoms with Crippen molar-refractivity contribution in [2.45, 2.75) is 20.3 Å². The van der Waals surface area contributed by atoms with E-state index in [1.54, 1.807) is 12.1 Å². The molecule has 0 fully saturated rings. The van der Waals surface area contributed by atoms with Crippen LogP contribution in [0.1, 0.15) is 35.3 Å². The van der Waals surface area contributed by atoms with Crippen LogP contribution in [0.15, 0.2) is 48.1 Å². The maximum atomic E-state index is 12.4. The van der Waals surface area contributed by atoms with Gasteiger partial charge in [-0.25, -0.2) is 0 Å². The van der Waals surface area contributed by atoms with Crippen molar-refractivity contribution < 1.29 is 24.9 Å². The van der Waals surface area contributed by atoms with Crippen LogP contribution in [0.2, 0.25) is 0 Å². The highest BCUT2D eigenvalue weighted by Crippen LogP contribution is 2.38. The Labute approximate surface area is 152 Å². The Morgan fingerprint density at radius 3 is 2.42 bits per heavy atom. The number of rotatable bonds is 6. The van der Waals surface area contributed by atoms with Crippen LogP contribution in [0.5, 0.6) is 23.0 Å². The Morgan fingerprint density at radius 1 is 1.08 bits per heavy atom. The van der Waals surface area contributed by atoms with Gasteiger partial charge in [0.15, 0.2) is 17.3 Å². The summed E-state index contributed by atoms with van der Waals surface area (Å²) in [5.41, 5.74) is 2.70. The third-order valence-electron chi connectivity index (χ3n) is 3.85. The summed E-state index contributed by atoms with van der Waals surface area (Å²) in [6.07, 6.45) is 5.37. The molecule has 0 saturated carbocycles. The highest BCUT2D eigenvalue weighted by molar-refractivity contribution is 6.07. The summed E-state index contributed by atoms with van der Waals surface area (Å²) in [5, 5.41) is 29.2. The summed E-state index contributed by atoms with van der Waals surface area (Å²) >= 11 is 0. The number of ether oxygens (including phenoxy) is 1. The van der Waals surface area contributed by atoms with E-state index >= 15 is 0 Å². The fraction of sp³-hybridized carbons (Fsp3) is 0.190. The van der Waals surface area contributed by atoms with E-state index in [1.807, 2.05) is 19.9 Å². The predicted molar refractivity (Wildman–Crippen MR) is 101 cm³/mol. The SMILES string of the molecule is COc1c(/C=C/C(=O)c2ccc(O)c(CC=C(C)C)c2)ccc(O)c1O. The van der Waals surface area contributed by atoms with Gasteiger partial charge >= 0.3 is 0 Å². The second-order valence-corrected chi connectivity index (χ2v) is 6.08. The number of allylic oxidation sites excluding steroid dienone is 3. The van der Waals surface area contributed by atoms with Gasteiger partial charge in [-0.3, -0.25) is 4.79 Å². The van der Waals surface area contributed by atoms with E-state index in [1.165, 1.54) is 37.5 Å². The molecule has 0 bridgehead atoms. The molecule has 2 rings (SSSR count). The van der Waals surface area contributed by atoms with Crippen molar-refractivity contribution >= 4 is 11.9 Å². The largest absolute Gasteiger partial charge is 0.508 e. The average Bonchev–Trinajstić information content (AvgIpc) is 2.61. The number of carbonyl (C=O) groups excluding carboxylic acids is 1. The van der Waals surface area contributed by atoms with Gasteiger partial charge in [-0.05, 0) is 68.3 Å². The lowest BCUT2D eigenvalue weighted by atomic mass is 10.0. The lowest BCUT2D eigenvalue weighted by Crippen LogP contribution is -1.96. The molecule has 2 aromatic carbocycles. The summed E-state index contributed by atoms with van der Waals surface area (Å²) in [6, 6.07) is 7.57. The molecule has 0 atom stereocenters. The van der Waals surface area contributed by atoms with E-state index in [0.717, 1.165) is 5.57 Å². The van der Waals surface area contributed by atoms with Crippen LogP contribution in [-0.4, -0.2) is 28.2 Å². The second-order valence-electron chi connectivity index (χ2n) is 6.08. The number of hydrogen-bond acceptors (Lipinski definition) is 5. The van der Waals surface area contributed by atoms with Crippen LogP contribution in [0.25, 0.3) is 6.08 Å². The Hall–Kier alpha value is -3.21. The summed E-state index contributed by atoms with van der Waals surface area (Å²) in [5.74, 6) is -0.696. The molecule has 0 radical (unpaired) electrons. The van der Waals surface area contributed by atoms with Gasteiger partial charge in [0.05, 0.1) is 7.11 Å². The molecule has 2 aromatic rings. The van der Waals surface area contributed by atoms with Crippen molar-refractivity contribution in [2.75, 3.05) is 7.11 Å². The minimum absolute atomic E-state index is 0.0870. The molecule has 0 aliphatic rings. The zero-order valence-corrected chi connectivity index (χ0v) is 15.0. The number of phenols is 3. The van der Waals surface area contributed by atoms with Gasteiger partial charge in [0, 0.05) is 11.1 Å². The van der Waals surface area contributed by atoms with Gasteiger partial charge in [-0.15, -0.1) is 0 Å². The topological polar surface area (TPSA) is 87.0 Å². The van der Waals surface area contributed by atoms with E-state index in [4.69, 9.17) is 4.74 Å². The summed E-state index contributed by atoms with van der Waals surface area (Å²) in [4.78, 5) is 12.4. The van der Waals surface area contributed by atoms with Crippen LogP contribution >= 0.6 is 0 Å².